The first kappa shape index (κ1) is 25.7. The van der Waals surface area contributed by atoms with Gasteiger partial charge in [0.1, 0.15) is 28.6 Å². The Kier molecular flexibility index (Phi) is 7.02. The van der Waals surface area contributed by atoms with Crippen LogP contribution in [0, 0.1) is 5.92 Å². The Morgan fingerprint density at radius 1 is 1.05 bits per heavy atom. The Morgan fingerprint density at radius 3 is 2.55 bits per heavy atom. The predicted octanol–water partition coefficient (Wildman–Crippen LogP) is 5.77. The lowest BCUT2D eigenvalue weighted by molar-refractivity contribution is 0.305. The fourth-order valence-corrected chi connectivity index (χ4v) is 5.44. The van der Waals surface area contributed by atoms with E-state index < -0.39 is 16.3 Å². The molecule has 1 aromatic heterocycles. The van der Waals surface area contributed by atoms with E-state index in [9.17, 15) is 19.0 Å². The number of pyridine rings is 1. The van der Waals surface area contributed by atoms with Gasteiger partial charge in [0, 0.05) is 18.0 Å². The van der Waals surface area contributed by atoms with Crippen LogP contribution in [-0.4, -0.2) is 31.3 Å². The summed E-state index contributed by atoms with van der Waals surface area (Å²) in [5, 5.41) is 14.6. The Morgan fingerprint density at radius 2 is 1.79 bits per heavy atom. The van der Waals surface area contributed by atoms with Crippen LogP contribution in [-0.2, 0) is 6.61 Å². The number of rotatable bonds is 8. The molecule has 0 bridgehead atoms. The van der Waals surface area contributed by atoms with Gasteiger partial charge >= 0.3 is 0 Å². The van der Waals surface area contributed by atoms with Crippen LogP contribution in [0.2, 0.25) is 0 Å². The van der Waals surface area contributed by atoms with Crippen molar-refractivity contribution < 1.29 is 18.9 Å². The van der Waals surface area contributed by atoms with Gasteiger partial charge in [0.25, 0.3) is 5.56 Å². The molecule has 198 valence electrons. The highest BCUT2D eigenvalue weighted by atomic mass is 32.3. The standard InChI is InChI=1S/C28H30N4O5S/c1-18(2)14-15-29-32-23-11-7-6-10-21(23)26(33)25(28(32)34)27-30-22-13-12-20(16-24(22)38(35,36)31-27)37-17-19-8-4-3-5-9-19/h3-13,16,18,29,33,35-36H,14-15,17H2,1-2H3,(H,30,31). The summed E-state index contributed by atoms with van der Waals surface area (Å²) in [7, 11) is -3.71. The first-order valence-electron chi connectivity index (χ1n) is 12.3. The normalized spacial score (nSPS) is 14.9. The number of benzene rings is 3. The zero-order chi connectivity index (χ0) is 26.9. The maximum atomic E-state index is 13.6. The molecule has 0 radical (unpaired) electrons. The molecule has 0 fully saturated rings. The van der Waals surface area contributed by atoms with Gasteiger partial charge in [0.2, 0.25) is 0 Å². The van der Waals surface area contributed by atoms with E-state index in [-0.39, 0.29) is 22.0 Å². The number of nitrogens with one attached hydrogen (secondary N) is 2. The van der Waals surface area contributed by atoms with E-state index in [0.717, 1.165) is 12.0 Å². The SMILES string of the molecule is CC(C)CCNn1c(=O)c(C2=NS(O)(O)c3cc(OCc4ccccc4)ccc3N2)c(O)c2ccccc21. The Balaban J connectivity index is 1.51. The molecule has 0 atom stereocenters. The fourth-order valence-electron chi connectivity index (χ4n) is 4.26. The number of aromatic nitrogens is 1. The van der Waals surface area contributed by atoms with Crippen LogP contribution in [0.5, 0.6) is 11.5 Å². The maximum Gasteiger partial charge on any atom is 0.284 e. The molecule has 10 heteroatoms. The number of aromatic hydroxyl groups is 1. The number of amidine groups is 1. The summed E-state index contributed by atoms with van der Waals surface area (Å²) in [5.74, 6) is 0.457. The topological polar surface area (TPSA) is 128 Å². The fraction of sp³-hybridized carbons (Fsp3) is 0.214. The molecule has 0 saturated carbocycles. The molecule has 4 aromatic rings. The third-order valence-corrected chi connectivity index (χ3v) is 7.62. The van der Waals surface area contributed by atoms with Crippen molar-refractivity contribution in [2.45, 2.75) is 31.8 Å². The molecule has 0 aliphatic carbocycles. The molecule has 1 aliphatic rings. The highest BCUT2D eigenvalue weighted by molar-refractivity contribution is 8.23. The molecule has 3 aromatic carbocycles. The molecule has 2 heterocycles. The number of anilines is 1. The van der Waals surface area contributed by atoms with Crippen LogP contribution in [0.1, 0.15) is 31.4 Å². The third-order valence-electron chi connectivity index (χ3n) is 6.25. The highest BCUT2D eigenvalue weighted by Gasteiger charge is 2.31. The molecule has 0 amide bonds. The minimum atomic E-state index is -3.71. The molecular formula is C28H30N4O5S. The quantitative estimate of drug-likeness (QED) is 0.194. The van der Waals surface area contributed by atoms with E-state index in [1.807, 2.05) is 30.3 Å². The van der Waals surface area contributed by atoms with Gasteiger partial charge in [-0.3, -0.25) is 13.9 Å². The predicted molar refractivity (Wildman–Crippen MR) is 152 cm³/mol. The summed E-state index contributed by atoms with van der Waals surface area (Å²) < 4.78 is 33.3. The van der Waals surface area contributed by atoms with Crippen molar-refractivity contribution in [3.05, 3.63) is 94.3 Å². The van der Waals surface area contributed by atoms with Crippen LogP contribution in [0.4, 0.5) is 5.69 Å². The van der Waals surface area contributed by atoms with Crippen LogP contribution in [0.3, 0.4) is 0 Å². The number of hydrogen-bond acceptors (Lipinski definition) is 8. The van der Waals surface area contributed by atoms with Gasteiger partial charge in [-0.1, -0.05) is 67.1 Å². The Hall–Kier alpha value is -3.99. The number of nitrogens with zero attached hydrogens (tertiary/aromatic N) is 2. The molecule has 38 heavy (non-hydrogen) atoms. The van der Waals surface area contributed by atoms with Crippen molar-refractivity contribution in [3.8, 4) is 11.5 Å². The second kappa shape index (κ2) is 10.4. The van der Waals surface area contributed by atoms with E-state index in [1.165, 1.54) is 10.7 Å². The summed E-state index contributed by atoms with van der Waals surface area (Å²) in [4.78, 5) is 13.8. The summed E-state index contributed by atoms with van der Waals surface area (Å²) in [6, 6.07) is 21.4. The van der Waals surface area contributed by atoms with Crippen molar-refractivity contribution in [1.82, 2.24) is 4.68 Å². The molecule has 0 saturated heterocycles. The van der Waals surface area contributed by atoms with Gasteiger partial charge in [-0.05, 0) is 42.2 Å². The van der Waals surface area contributed by atoms with Gasteiger partial charge in [-0.2, -0.15) is 0 Å². The lowest BCUT2D eigenvalue weighted by Gasteiger charge is -2.34. The van der Waals surface area contributed by atoms with Crippen LogP contribution in [0.15, 0.2) is 86.9 Å². The van der Waals surface area contributed by atoms with Gasteiger partial charge < -0.3 is 20.6 Å². The van der Waals surface area contributed by atoms with Crippen molar-refractivity contribution in [2.24, 2.45) is 10.3 Å². The van der Waals surface area contributed by atoms with Crippen molar-refractivity contribution >= 4 is 33.2 Å². The van der Waals surface area contributed by atoms with Crippen LogP contribution < -0.4 is 21.0 Å². The number of ether oxygens (including phenoxy) is 1. The molecule has 5 rings (SSSR count). The molecule has 1 aliphatic heterocycles. The van der Waals surface area contributed by atoms with E-state index in [2.05, 4.69) is 29.0 Å². The average molecular weight is 535 g/mol. The number of fused-ring (bicyclic) bond motifs is 2. The van der Waals surface area contributed by atoms with E-state index in [1.54, 1.807) is 36.4 Å². The van der Waals surface area contributed by atoms with Crippen LogP contribution >= 0.6 is 10.8 Å². The van der Waals surface area contributed by atoms with Gasteiger partial charge in [0.05, 0.1) is 11.2 Å². The smallest absolute Gasteiger partial charge is 0.284 e. The van der Waals surface area contributed by atoms with E-state index >= 15 is 0 Å². The molecular weight excluding hydrogens is 504 g/mol. The second-order valence-electron chi connectivity index (χ2n) is 9.49. The number of hydrogen-bond donors (Lipinski definition) is 5. The monoisotopic (exact) mass is 534 g/mol. The molecule has 0 unspecified atom stereocenters. The molecule has 9 nitrogen and oxygen atoms in total. The Bertz CT molecular complexity index is 1570. The highest BCUT2D eigenvalue weighted by Crippen LogP contribution is 2.56. The van der Waals surface area contributed by atoms with Gasteiger partial charge in [0.15, 0.2) is 5.84 Å². The van der Waals surface area contributed by atoms with E-state index in [0.29, 0.717) is 41.4 Å². The zero-order valence-electron chi connectivity index (χ0n) is 21.1. The van der Waals surface area contributed by atoms with Gasteiger partial charge in [-0.25, -0.2) is 4.68 Å². The van der Waals surface area contributed by atoms with Crippen molar-refractivity contribution in [3.63, 3.8) is 0 Å². The largest absolute Gasteiger partial charge is 0.506 e. The zero-order valence-corrected chi connectivity index (χ0v) is 21.9. The minimum Gasteiger partial charge on any atom is -0.506 e. The Labute approximate surface area is 221 Å². The molecule has 5 N–H and O–H groups in total. The maximum absolute atomic E-state index is 13.6. The first-order chi connectivity index (χ1) is 18.2. The average Bonchev–Trinajstić information content (AvgIpc) is 2.90. The summed E-state index contributed by atoms with van der Waals surface area (Å²) in [5.41, 5.74) is 4.26. The summed E-state index contributed by atoms with van der Waals surface area (Å²) in [6.45, 7) is 5.03. The van der Waals surface area contributed by atoms with Crippen LogP contribution in [0.25, 0.3) is 10.9 Å². The number of para-hydroxylation sites is 1. The van der Waals surface area contributed by atoms with Gasteiger partial charge in [-0.15, -0.1) is 4.40 Å². The van der Waals surface area contributed by atoms with E-state index in [4.69, 9.17) is 4.74 Å². The van der Waals surface area contributed by atoms with Crippen molar-refractivity contribution in [1.29, 1.82) is 0 Å². The molecule has 0 spiro atoms. The third kappa shape index (κ3) is 5.06. The lowest BCUT2D eigenvalue weighted by Crippen LogP contribution is -2.36. The lowest BCUT2D eigenvalue weighted by atomic mass is 10.1. The second-order valence-corrected chi connectivity index (χ2v) is 11.1. The van der Waals surface area contributed by atoms with Crippen molar-refractivity contribution in [2.75, 3.05) is 17.3 Å². The first-order valence-corrected chi connectivity index (χ1v) is 13.8. The summed E-state index contributed by atoms with van der Waals surface area (Å²) >= 11 is 0. The summed E-state index contributed by atoms with van der Waals surface area (Å²) in [6.07, 6.45) is 0.832. The minimum absolute atomic E-state index is 0.122.